The predicted molar refractivity (Wildman–Crippen MR) is 78.2 cm³/mol. The summed E-state index contributed by atoms with van der Waals surface area (Å²) in [6, 6.07) is 13.6. The van der Waals surface area contributed by atoms with Gasteiger partial charge in [-0.1, -0.05) is 37.3 Å². The quantitative estimate of drug-likeness (QED) is 0.905. The van der Waals surface area contributed by atoms with Crippen molar-refractivity contribution in [2.75, 3.05) is 6.54 Å². The van der Waals surface area contributed by atoms with Crippen LogP contribution in [0.25, 0.3) is 0 Å². The molecule has 0 fully saturated rings. The Bertz CT molecular complexity index is 536. The van der Waals surface area contributed by atoms with Crippen LogP contribution < -0.4 is 5.32 Å². The van der Waals surface area contributed by atoms with E-state index in [4.69, 9.17) is 4.42 Å². The van der Waals surface area contributed by atoms with Crippen molar-refractivity contribution in [3.63, 3.8) is 0 Å². The van der Waals surface area contributed by atoms with E-state index in [0.717, 1.165) is 6.42 Å². The summed E-state index contributed by atoms with van der Waals surface area (Å²) < 4.78 is 5.78. The van der Waals surface area contributed by atoms with Crippen LogP contribution in [-0.2, 0) is 0 Å². The Morgan fingerprint density at radius 3 is 2.58 bits per heavy atom. The van der Waals surface area contributed by atoms with Gasteiger partial charge in [-0.25, -0.2) is 0 Å². The summed E-state index contributed by atoms with van der Waals surface area (Å²) in [7, 11) is 0. The van der Waals surface area contributed by atoms with Gasteiger partial charge in [0.15, 0.2) is 10.4 Å². The molecule has 0 saturated heterocycles. The lowest BCUT2D eigenvalue weighted by Crippen LogP contribution is -2.27. The van der Waals surface area contributed by atoms with Gasteiger partial charge in [0, 0.05) is 12.5 Å². The standard InChI is InChI=1S/C15H16BrNO2/c1-2-11(12-6-4-3-5-7-12)10-17-15(18)13-8-9-14(16)19-13/h3-9,11H,2,10H2,1H3,(H,17,18). The molecular formula is C15H16BrNO2. The lowest BCUT2D eigenvalue weighted by atomic mass is 9.96. The van der Waals surface area contributed by atoms with Gasteiger partial charge in [0.05, 0.1) is 0 Å². The molecule has 1 atom stereocenters. The summed E-state index contributed by atoms with van der Waals surface area (Å²) in [4.78, 5) is 11.9. The number of hydrogen-bond donors (Lipinski definition) is 1. The van der Waals surface area contributed by atoms with E-state index < -0.39 is 0 Å². The normalized spacial score (nSPS) is 12.1. The molecule has 19 heavy (non-hydrogen) atoms. The molecule has 100 valence electrons. The van der Waals surface area contributed by atoms with Gasteiger partial charge < -0.3 is 9.73 Å². The van der Waals surface area contributed by atoms with Gasteiger partial charge in [-0.3, -0.25) is 4.79 Å². The molecule has 0 aliphatic rings. The van der Waals surface area contributed by atoms with Gasteiger partial charge in [-0.2, -0.15) is 0 Å². The van der Waals surface area contributed by atoms with E-state index in [-0.39, 0.29) is 5.91 Å². The molecule has 1 aromatic carbocycles. The number of amides is 1. The van der Waals surface area contributed by atoms with Crippen molar-refractivity contribution in [1.82, 2.24) is 5.32 Å². The highest BCUT2D eigenvalue weighted by Gasteiger charge is 2.14. The second-order valence-corrected chi connectivity index (χ2v) is 5.11. The van der Waals surface area contributed by atoms with E-state index in [0.29, 0.717) is 22.9 Å². The molecule has 1 heterocycles. The van der Waals surface area contributed by atoms with E-state index in [1.54, 1.807) is 12.1 Å². The number of carbonyl (C=O) groups excluding carboxylic acids is 1. The smallest absolute Gasteiger partial charge is 0.287 e. The fourth-order valence-corrected chi connectivity index (χ4v) is 2.27. The monoisotopic (exact) mass is 321 g/mol. The first kappa shape index (κ1) is 13.9. The van der Waals surface area contributed by atoms with Crippen LogP contribution in [0.2, 0.25) is 0 Å². The molecule has 1 amide bonds. The van der Waals surface area contributed by atoms with Crippen LogP contribution in [0.15, 0.2) is 51.6 Å². The Balaban J connectivity index is 1.95. The number of benzene rings is 1. The Labute approximate surface area is 121 Å². The Morgan fingerprint density at radius 2 is 2.00 bits per heavy atom. The van der Waals surface area contributed by atoms with Gasteiger partial charge >= 0.3 is 0 Å². The van der Waals surface area contributed by atoms with E-state index in [1.807, 2.05) is 18.2 Å². The van der Waals surface area contributed by atoms with E-state index in [9.17, 15) is 4.79 Å². The molecule has 0 radical (unpaired) electrons. The Kier molecular flexibility index (Phi) is 4.80. The zero-order chi connectivity index (χ0) is 13.7. The molecule has 3 nitrogen and oxygen atoms in total. The number of hydrogen-bond acceptors (Lipinski definition) is 2. The van der Waals surface area contributed by atoms with Crippen LogP contribution in [0, 0.1) is 0 Å². The molecule has 0 aliphatic heterocycles. The maximum atomic E-state index is 11.9. The van der Waals surface area contributed by atoms with Crippen molar-refractivity contribution >= 4 is 21.8 Å². The summed E-state index contributed by atoms with van der Waals surface area (Å²) in [5.41, 5.74) is 1.24. The highest BCUT2D eigenvalue weighted by Crippen LogP contribution is 2.18. The second-order valence-electron chi connectivity index (χ2n) is 4.33. The Hall–Kier alpha value is -1.55. The minimum Gasteiger partial charge on any atom is -0.444 e. The molecule has 0 bridgehead atoms. The largest absolute Gasteiger partial charge is 0.444 e. The second kappa shape index (κ2) is 6.57. The summed E-state index contributed by atoms with van der Waals surface area (Å²) in [5, 5.41) is 2.91. The van der Waals surface area contributed by atoms with Crippen molar-refractivity contribution in [3.8, 4) is 0 Å². The van der Waals surface area contributed by atoms with Crippen LogP contribution in [0.1, 0.15) is 35.4 Å². The summed E-state index contributed by atoms with van der Waals surface area (Å²) in [6.07, 6.45) is 0.978. The lowest BCUT2D eigenvalue weighted by Gasteiger charge is -2.15. The molecule has 1 N–H and O–H groups in total. The van der Waals surface area contributed by atoms with Gasteiger partial charge in [-0.05, 0) is 40.0 Å². The molecule has 2 rings (SSSR count). The number of rotatable bonds is 5. The highest BCUT2D eigenvalue weighted by atomic mass is 79.9. The third kappa shape index (κ3) is 3.70. The van der Waals surface area contributed by atoms with Crippen LogP contribution >= 0.6 is 15.9 Å². The molecule has 4 heteroatoms. The topological polar surface area (TPSA) is 42.2 Å². The Morgan fingerprint density at radius 1 is 1.26 bits per heavy atom. The SMILES string of the molecule is CCC(CNC(=O)c1ccc(Br)o1)c1ccccc1. The maximum absolute atomic E-state index is 11.9. The molecule has 2 aromatic rings. The summed E-state index contributed by atoms with van der Waals surface area (Å²) in [6.45, 7) is 2.73. The van der Waals surface area contributed by atoms with Gasteiger partial charge in [-0.15, -0.1) is 0 Å². The summed E-state index contributed by atoms with van der Waals surface area (Å²) >= 11 is 3.18. The van der Waals surface area contributed by atoms with Crippen LogP contribution in [0.4, 0.5) is 0 Å². The molecule has 1 unspecified atom stereocenters. The zero-order valence-corrected chi connectivity index (χ0v) is 12.3. The van der Waals surface area contributed by atoms with Crippen LogP contribution in [-0.4, -0.2) is 12.5 Å². The van der Waals surface area contributed by atoms with Crippen LogP contribution in [0.5, 0.6) is 0 Å². The number of nitrogens with one attached hydrogen (secondary N) is 1. The first-order valence-electron chi connectivity index (χ1n) is 6.29. The molecule has 1 aromatic heterocycles. The van der Waals surface area contributed by atoms with Crippen molar-refractivity contribution < 1.29 is 9.21 Å². The third-order valence-electron chi connectivity index (χ3n) is 3.07. The van der Waals surface area contributed by atoms with Crippen molar-refractivity contribution in [2.45, 2.75) is 19.3 Å². The van der Waals surface area contributed by atoms with Gasteiger partial charge in [0.25, 0.3) is 5.91 Å². The lowest BCUT2D eigenvalue weighted by molar-refractivity contribution is 0.0922. The molecule has 0 aliphatic carbocycles. The van der Waals surface area contributed by atoms with E-state index in [1.165, 1.54) is 5.56 Å². The third-order valence-corrected chi connectivity index (χ3v) is 3.50. The fourth-order valence-electron chi connectivity index (χ4n) is 1.96. The number of halogens is 1. The first-order valence-corrected chi connectivity index (χ1v) is 7.08. The van der Waals surface area contributed by atoms with Gasteiger partial charge in [0.1, 0.15) is 0 Å². The van der Waals surface area contributed by atoms with E-state index in [2.05, 4.69) is 40.3 Å². The van der Waals surface area contributed by atoms with Crippen molar-refractivity contribution in [3.05, 3.63) is 58.5 Å². The van der Waals surface area contributed by atoms with Crippen LogP contribution in [0.3, 0.4) is 0 Å². The zero-order valence-electron chi connectivity index (χ0n) is 10.7. The highest BCUT2D eigenvalue weighted by molar-refractivity contribution is 9.10. The molecule has 0 saturated carbocycles. The number of furan rings is 1. The average Bonchev–Trinajstić information content (AvgIpc) is 2.87. The fraction of sp³-hybridized carbons (Fsp3) is 0.267. The minimum absolute atomic E-state index is 0.180. The van der Waals surface area contributed by atoms with E-state index >= 15 is 0 Å². The minimum atomic E-state index is -0.180. The van der Waals surface area contributed by atoms with Gasteiger partial charge in [0.2, 0.25) is 0 Å². The maximum Gasteiger partial charge on any atom is 0.287 e. The molecule has 0 spiro atoms. The predicted octanol–water partition coefficient (Wildman–Crippen LogP) is 3.97. The molecular weight excluding hydrogens is 306 g/mol. The summed E-state index contributed by atoms with van der Waals surface area (Å²) in [5.74, 6) is 0.471. The average molecular weight is 322 g/mol. The number of carbonyl (C=O) groups is 1. The van der Waals surface area contributed by atoms with Crippen molar-refractivity contribution in [2.24, 2.45) is 0 Å². The van der Waals surface area contributed by atoms with Crippen molar-refractivity contribution in [1.29, 1.82) is 0 Å². The first-order chi connectivity index (χ1) is 9.20.